The van der Waals surface area contributed by atoms with E-state index >= 15 is 0 Å². The van der Waals surface area contributed by atoms with Crippen molar-refractivity contribution < 1.29 is 13.9 Å². The number of hydrogen-bond donors (Lipinski definition) is 0. The fourth-order valence-corrected chi connectivity index (χ4v) is 2.02. The Labute approximate surface area is 109 Å². The minimum absolute atomic E-state index is 0.298. The first-order chi connectivity index (χ1) is 9.29. The number of aromatic nitrogens is 1. The van der Waals surface area contributed by atoms with Gasteiger partial charge in [-0.15, -0.1) is 0 Å². The van der Waals surface area contributed by atoms with Gasteiger partial charge in [0.2, 0.25) is 0 Å². The molecule has 0 fully saturated rings. The third kappa shape index (κ3) is 1.97. The molecule has 0 aliphatic carbocycles. The van der Waals surface area contributed by atoms with Crippen LogP contribution in [0.25, 0.3) is 22.2 Å². The molecule has 1 aromatic carbocycles. The van der Waals surface area contributed by atoms with E-state index in [1.165, 1.54) is 7.11 Å². The molecule has 3 rings (SSSR count). The molecule has 4 heteroatoms. The summed E-state index contributed by atoms with van der Waals surface area (Å²) in [5.74, 6) is 0.337. The molecule has 0 unspecified atom stereocenters. The molecular formula is C15H11NO3. The third-order valence-electron chi connectivity index (χ3n) is 2.91. The van der Waals surface area contributed by atoms with Crippen LogP contribution >= 0.6 is 0 Å². The smallest absolute Gasteiger partial charge is 0.356 e. The lowest BCUT2D eigenvalue weighted by atomic mass is 10.1. The van der Waals surface area contributed by atoms with Crippen LogP contribution in [0.3, 0.4) is 0 Å². The number of pyridine rings is 1. The highest BCUT2D eigenvalue weighted by atomic mass is 16.5. The van der Waals surface area contributed by atoms with Gasteiger partial charge in [-0.05, 0) is 30.3 Å². The van der Waals surface area contributed by atoms with Crippen LogP contribution in [-0.4, -0.2) is 18.1 Å². The van der Waals surface area contributed by atoms with Crippen LogP contribution in [0.4, 0.5) is 0 Å². The molecule has 0 saturated heterocycles. The first kappa shape index (κ1) is 11.5. The zero-order valence-corrected chi connectivity index (χ0v) is 10.3. The maximum Gasteiger partial charge on any atom is 0.356 e. The fraction of sp³-hybridized carbons (Fsp3) is 0.0667. The Hall–Kier alpha value is -2.62. The van der Waals surface area contributed by atoms with E-state index in [1.54, 1.807) is 12.3 Å². The predicted octanol–water partition coefficient (Wildman–Crippen LogP) is 3.28. The van der Waals surface area contributed by atoms with Crippen molar-refractivity contribution in [2.24, 2.45) is 0 Å². The lowest BCUT2D eigenvalue weighted by Crippen LogP contribution is -2.03. The zero-order chi connectivity index (χ0) is 13.2. The molecule has 0 spiro atoms. The summed E-state index contributed by atoms with van der Waals surface area (Å²) in [5, 5.41) is 0.935. The summed E-state index contributed by atoms with van der Waals surface area (Å²) in [7, 11) is 1.34. The highest BCUT2D eigenvalue weighted by Gasteiger charge is 2.11. The largest absolute Gasteiger partial charge is 0.464 e. The molecule has 2 heterocycles. The van der Waals surface area contributed by atoms with Crippen LogP contribution in [0.2, 0.25) is 0 Å². The van der Waals surface area contributed by atoms with Gasteiger partial charge >= 0.3 is 5.97 Å². The number of carbonyl (C=O) groups is 1. The van der Waals surface area contributed by atoms with Crippen molar-refractivity contribution in [3.05, 3.63) is 54.4 Å². The molecule has 2 aromatic heterocycles. The molecular weight excluding hydrogens is 242 g/mol. The highest BCUT2D eigenvalue weighted by molar-refractivity contribution is 5.96. The van der Waals surface area contributed by atoms with Crippen LogP contribution in [0.15, 0.2) is 53.1 Å². The number of rotatable bonds is 2. The molecule has 0 radical (unpaired) electrons. The van der Waals surface area contributed by atoms with Crippen LogP contribution in [0.1, 0.15) is 10.5 Å². The Balaban J connectivity index is 2.20. The second-order valence-electron chi connectivity index (χ2n) is 4.04. The number of methoxy groups -OCH3 is 1. The first-order valence-corrected chi connectivity index (χ1v) is 5.81. The zero-order valence-electron chi connectivity index (χ0n) is 10.3. The highest BCUT2D eigenvalue weighted by Crippen LogP contribution is 2.28. The summed E-state index contributed by atoms with van der Waals surface area (Å²) >= 11 is 0. The topological polar surface area (TPSA) is 52.3 Å². The number of nitrogens with zero attached hydrogens (tertiary/aromatic N) is 1. The summed E-state index contributed by atoms with van der Waals surface area (Å²) in [6, 6.07) is 12.9. The number of carbonyl (C=O) groups excluding carboxylic acids is 1. The van der Waals surface area contributed by atoms with Gasteiger partial charge in [-0.3, -0.25) is 0 Å². The van der Waals surface area contributed by atoms with Gasteiger partial charge in [0.1, 0.15) is 11.5 Å². The van der Waals surface area contributed by atoms with Gasteiger partial charge in [-0.1, -0.05) is 12.1 Å². The monoisotopic (exact) mass is 253 g/mol. The lowest BCUT2D eigenvalue weighted by Gasteiger charge is -2.05. The Kier molecular flexibility index (Phi) is 2.76. The van der Waals surface area contributed by atoms with E-state index in [0.29, 0.717) is 5.69 Å². The quantitative estimate of drug-likeness (QED) is 0.658. The molecule has 3 aromatic rings. The first-order valence-electron chi connectivity index (χ1n) is 5.81. The van der Waals surface area contributed by atoms with Crippen molar-refractivity contribution in [2.75, 3.05) is 7.11 Å². The number of hydrogen-bond acceptors (Lipinski definition) is 4. The standard InChI is InChI=1S/C15H11NO3/c1-18-15(17)13-8-7-10-11(14-6-3-9-19-14)4-2-5-12(10)16-13/h2-9H,1H3. The number of benzene rings is 1. The van der Waals surface area contributed by atoms with Gasteiger partial charge in [-0.2, -0.15) is 0 Å². The fourth-order valence-electron chi connectivity index (χ4n) is 2.02. The predicted molar refractivity (Wildman–Crippen MR) is 70.8 cm³/mol. The Morgan fingerprint density at radius 3 is 2.79 bits per heavy atom. The SMILES string of the molecule is COC(=O)c1ccc2c(-c3ccco3)cccc2n1. The van der Waals surface area contributed by atoms with Crippen LogP contribution in [0, 0.1) is 0 Å². The van der Waals surface area contributed by atoms with Crippen molar-refractivity contribution in [1.82, 2.24) is 4.98 Å². The van der Waals surface area contributed by atoms with E-state index in [0.717, 1.165) is 22.2 Å². The van der Waals surface area contributed by atoms with E-state index in [-0.39, 0.29) is 0 Å². The minimum Gasteiger partial charge on any atom is -0.464 e. The average molecular weight is 253 g/mol. The van der Waals surface area contributed by atoms with E-state index in [9.17, 15) is 4.79 Å². The van der Waals surface area contributed by atoms with Crippen molar-refractivity contribution in [1.29, 1.82) is 0 Å². The molecule has 0 N–H and O–H groups in total. The Bertz CT molecular complexity index is 732. The number of fused-ring (bicyclic) bond motifs is 1. The molecule has 94 valence electrons. The maximum atomic E-state index is 11.5. The Morgan fingerprint density at radius 1 is 1.16 bits per heavy atom. The van der Waals surface area contributed by atoms with Gasteiger partial charge in [0.15, 0.2) is 0 Å². The summed E-state index contributed by atoms with van der Waals surface area (Å²) in [6.07, 6.45) is 1.63. The molecule has 0 bridgehead atoms. The van der Waals surface area contributed by atoms with Gasteiger partial charge < -0.3 is 9.15 Å². The Morgan fingerprint density at radius 2 is 2.05 bits per heavy atom. The van der Waals surface area contributed by atoms with E-state index < -0.39 is 5.97 Å². The molecule has 0 aliphatic heterocycles. The second kappa shape index (κ2) is 4.57. The maximum absolute atomic E-state index is 11.5. The second-order valence-corrected chi connectivity index (χ2v) is 4.04. The lowest BCUT2D eigenvalue weighted by molar-refractivity contribution is 0.0594. The molecule has 4 nitrogen and oxygen atoms in total. The van der Waals surface area contributed by atoms with Crippen molar-refractivity contribution in [2.45, 2.75) is 0 Å². The number of ether oxygens (including phenoxy) is 1. The normalized spacial score (nSPS) is 10.6. The van der Waals surface area contributed by atoms with Gasteiger partial charge in [0.25, 0.3) is 0 Å². The van der Waals surface area contributed by atoms with E-state index in [4.69, 9.17) is 4.42 Å². The number of esters is 1. The molecule has 0 aliphatic rings. The number of furan rings is 1. The molecule has 0 amide bonds. The van der Waals surface area contributed by atoms with E-state index in [2.05, 4.69) is 9.72 Å². The van der Waals surface area contributed by atoms with Gasteiger partial charge in [0, 0.05) is 10.9 Å². The third-order valence-corrected chi connectivity index (χ3v) is 2.91. The van der Waals surface area contributed by atoms with Crippen molar-refractivity contribution in [3.63, 3.8) is 0 Å². The van der Waals surface area contributed by atoms with Crippen LogP contribution in [-0.2, 0) is 4.74 Å². The van der Waals surface area contributed by atoms with E-state index in [1.807, 2.05) is 36.4 Å². The van der Waals surface area contributed by atoms with Gasteiger partial charge in [-0.25, -0.2) is 9.78 Å². The summed E-state index contributed by atoms with van der Waals surface area (Å²) in [6.45, 7) is 0. The van der Waals surface area contributed by atoms with Crippen molar-refractivity contribution in [3.8, 4) is 11.3 Å². The van der Waals surface area contributed by atoms with Crippen LogP contribution in [0.5, 0.6) is 0 Å². The van der Waals surface area contributed by atoms with Gasteiger partial charge in [0.05, 0.1) is 18.9 Å². The van der Waals surface area contributed by atoms with Crippen LogP contribution < -0.4 is 0 Å². The minimum atomic E-state index is -0.440. The molecule has 0 atom stereocenters. The summed E-state index contributed by atoms with van der Waals surface area (Å²) < 4.78 is 10.1. The molecule has 0 saturated carbocycles. The average Bonchev–Trinajstić information content (AvgIpc) is 2.99. The summed E-state index contributed by atoms with van der Waals surface area (Å²) in [5.41, 5.74) is 1.98. The van der Waals surface area contributed by atoms with Crippen molar-refractivity contribution >= 4 is 16.9 Å². The molecule has 19 heavy (non-hydrogen) atoms. The summed E-state index contributed by atoms with van der Waals surface area (Å²) in [4.78, 5) is 15.8.